The number of anilines is 1. The Kier molecular flexibility index (Phi) is 4.56. The molecule has 8 nitrogen and oxygen atoms in total. The lowest BCUT2D eigenvalue weighted by Crippen LogP contribution is -2.25. The van der Waals surface area contributed by atoms with Gasteiger partial charge in [-0.25, -0.2) is 4.79 Å². The van der Waals surface area contributed by atoms with E-state index in [9.17, 15) is 23.2 Å². The van der Waals surface area contributed by atoms with Crippen LogP contribution >= 0.6 is 0 Å². The summed E-state index contributed by atoms with van der Waals surface area (Å²) < 4.78 is 40.8. The zero-order chi connectivity index (χ0) is 19.8. The van der Waals surface area contributed by atoms with E-state index in [0.717, 1.165) is 6.07 Å². The van der Waals surface area contributed by atoms with Crippen LogP contribution in [0.3, 0.4) is 0 Å². The molecular weight excluding hydrogens is 366 g/mol. The molecule has 10 heteroatoms. The van der Waals surface area contributed by atoms with Crippen LogP contribution < -0.4 is 14.8 Å². The molecule has 0 radical (unpaired) electrons. The van der Waals surface area contributed by atoms with Gasteiger partial charge in [-0.15, -0.1) is 8.78 Å². The molecule has 2 heterocycles. The van der Waals surface area contributed by atoms with E-state index in [4.69, 9.17) is 4.74 Å². The smallest absolute Gasteiger partial charge is 0.451 e. The van der Waals surface area contributed by atoms with Crippen molar-refractivity contribution in [3.63, 3.8) is 0 Å². The first kappa shape index (κ1) is 18.4. The summed E-state index contributed by atoms with van der Waals surface area (Å²) in [6.45, 7) is 0.753. The molecule has 1 N–H and O–H groups in total. The highest BCUT2D eigenvalue weighted by atomic mass is 19.3. The number of carbonyl (C=O) groups excluding carboxylic acids is 3. The lowest BCUT2D eigenvalue weighted by molar-refractivity contribution is -0.286. The number of carbonyl (C=O) groups is 3. The Hall–Kier alpha value is -3.43. The summed E-state index contributed by atoms with van der Waals surface area (Å²) in [7, 11) is 1.56. The minimum Gasteiger partial charge on any atom is -0.451 e. The maximum Gasteiger partial charge on any atom is 0.586 e. The van der Waals surface area contributed by atoms with Gasteiger partial charge in [-0.1, -0.05) is 0 Å². The molecule has 1 aliphatic rings. The maximum atomic E-state index is 13.0. The number of halogens is 2. The minimum atomic E-state index is -3.76. The van der Waals surface area contributed by atoms with Gasteiger partial charge in [-0.05, 0) is 25.1 Å². The molecule has 0 saturated carbocycles. The number of amides is 1. The van der Waals surface area contributed by atoms with Gasteiger partial charge in [0, 0.05) is 30.6 Å². The van der Waals surface area contributed by atoms with E-state index in [0.29, 0.717) is 5.56 Å². The fourth-order valence-corrected chi connectivity index (χ4v) is 2.39. The van der Waals surface area contributed by atoms with Crippen LogP contribution in [0.4, 0.5) is 14.5 Å². The zero-order valence-corrected chi connectivity index (χ0v) is 14.2. The van der Waals surface area contributed by atoms with Crippen molar-refractivity contribution < 1.29 is 37.4 Å². The van der Waals surface area contributed by atoms with Gasteiger partial charge in [-0.3, -0.25) is 9.59 Å². The van der Waals surface area contributed by atoms with E-state index < -0.39 is 24.8 Å². The summed E-state index contributed by atoms with van der Waals surface area (Å²) in [5.41, 5.74) is 0.609. The number of benzene rings is 1. The number of nitrogens with zero attached hydrogens (tertiary/aromatic N) is 1. The number of alkyl halides is 2. The van der Waals surface area contributed by atoms with Crippen LogP contribution in [0.5, 0.6) is 11.5 Å². The van der Waals surface area contributed by atoms with E-state index in [1.54, 1.807) is 7.05 Å². The summed E-state index contributed by atoms with van der Waals surface area (Å²) in [5, 5.41) is 2.39. The molecule has 0 spiro atoms. The predicted octanol–water partition coefficient (Wildman–Crippen LogP) is 2.34. The molecule has 0 bridgehead atoms. The molecule has 0 atom stereocenters. The highest BCUT2D eigenvalue weighted by Crippen LogP contribution is 2.42. The quantitative estimate of drug-likeness (QED) is 0.632. The van der Waals surface area contributed by atoms with Crippen LogP contribution in [0.2, 0.25) is 0 Å². The first-order valence-electron chi connectivity index (χ1n) is 7.69. The Morgan fingerprint density at radius 3 is 2.56 bits per heavy atom. The van der Waals surface area contributed by atoms with Crippen molar-refractivity contribution in [2.24, 2.45) is 7.05 Å². The molecule has 1 aliphatic heterocycles. The van der Waals surface area contributed by atoms with Gasteiger partial charge >= 0.3 is 12.3 Å². The van der Waals surface area contributed by atoms with Gasteiger partial charge < -0.3 is 24.1 Å². The number of esters is 1. The molecular formula is C17H14F2N2O6. The lowest BCUT2D eigenvalue weighted by atomic mass is 10.2. The molecule has 0 saturated heterocycles. The monoisotopic (exact) mass is 380 g/mol. The fraction of sp³-hybridized carbons (Fsp3) is 0.235. The van der Waals surface area contributed by atoms with E-state index in [-0.39, 0.29) is 28.7 Å². The SMILES string of the molecule is CC(=O)c1cc(C(=O)OCC(=O)Nc2ccc3c(c2)OC(F)(F)O3)n(C)c1. The van der Waals surface area contributed by atoms with Crippen molar-refractivity contribution in [1.82, 2.24) is 4.57 Å². The molecule has 0 aliphatic carbocycles. The topological polar surface area (TPSA) is 95.9 Å². The molecule has 1 aromatic carbocycles. The van der Waals surface area contributed by atoms with Crippen LogP contribution in [-0.4, -0.2) is 35.1 Å². The number of ketones is 1. The average Bonchev–Trinajstić information content (AvgIpc) is 3.10. The largest absolute Gasteiger partial charge is 0.586 e. The summed E-state index contributed by atoms with van der Waals surface area (Å²) >= 11 is 0. The Balaban J connectivity index is 1.58. The van der Waals surface area contributed by atoms with Crippen LogP contribution in [-0.2, 0) is 16.6 Å². The molecule has 27 heavy (non-hydrogen) atoms. The second kappa shape index (κ2) is 6.71. The number of hydrogen-bond donors (Lipinski definition) is 1. The maximum absolute atomic E-state index is 13.0. The number of rotatable bonds is 5. The number of hydrogen-bond acceptors (Lipinski definition) is 6. The third kappa shape index (κ3) is 4.05. The predicted molar refractivity (Wildman–Crippen MR) is 87.0 cm³/mol. The number of aromatic nitrogens is 1. The Bertz CT molecular complexity index is 938. The van der Waals surface area contributed by atoms with Gasteiger partial charge in [0.2, 0.25) is 0 Å². The Morgan fingerprint density at radius 1 is 1.19 bits per heavy atom. The second-order valence-electron chi connectivity index (χ2n) is 5.73. The summed E-state index contributed by atoms with van der Waals surface area (Å²) in [4.78, 5) is 35.3. The van der Waals surface area contributed by atoms with Crippen molar-refractivity contribution in [3.8, 4) is 11.5 Å². The molecule has 3 rings (SSSR count). The van der Waals surface area contributed by atoms with Gasteiger partial charge in [0.25, 0.3) is 5.91 Å². The first-order valence-corrected chi connectivity index (χ1v) is 7.69. The third-order valence-corrected chi connectivity index (χ3v) is 3.64. The van der Waals surface area contributed by atoms with Gasteiger partial charge in [0.1, 0.15) is 5.69 Å². The number of Topliss-reactive ketones (excluding diaryl/α,β-unsaturated/α-hetero) is 1. The normalized spacial score (nSPS) is 13.9. The number of ether oxygens (including phenoxy) is 3. The Morgan fingerprint density at radius 2 is 1.89 bits per heavy atom. The highest BCUT2D eigenvalue weighted by Gasteiger charge is 2.43. The number of fused-ring (bicyclic) bond motifs is 1. The van der Waals surface area contributed by atoms with E-state index in [2.05, 4.69) is 14.8 Å². The van der Waals surface area contributed by atoms with E-state index >= 15 is 0 Å². The van der Waals surface area contributed by atoms with Crippen molar-refractivity contribution in [3.05, 3.63) is 41.7 Å². The second-order valence-corrected chi connectivity index (χ2v) is 5.73. The number of aryl methyl sites for hydroxylation is 1. The van der Waals surface area contributed by atoms with Crippen molar-refractivity contribution >= 4 is 23.3 Å². The van der Waals surface area contributed by atoms with Crippen molar-refractivity contribution in [1.29, 1.82) is 0 Å². The molecule has 0 unspecified atom stereocenters. The van der Waals surface area contributed by atoms with E-state index in [1.807, 2.05) is 0 Å². The van der Waals surface area contributed by atoms with Crippen LogP contribution in [0, 0.1) is 0 Å². The third-order valence-electron chi connectivity index (χ3n) is 3.64. The van der Waals surface area contributed by atoms with Gasteiger partial charge in [0.15, 0.2) is 23.9 Å². The summed E-state index contributed by atoms with van der Waals surface area (Å²) in [5.74, 6) is -2.07. The summed E-state index contributed by atoms with van der Waals surface area (Å²) in [6, 6.07) is 5.07. The van der Waals surface area contributed by atoms with Crippen LogP contribution in [0.15, 0.2) is 30.5 Å². The minimum absolute atomic E-state index is 0.110. The lowest BCUT2D eigenvalue weighted by Gasteiger charge is -2.07. The molecule has 1 aromatic heterocycles. The first-order chi connectivity index (χ1) is 12.6. The van der Waals surface area contributed by atoms with E-state index in [1.165, 1.54) is 35.9 Å². The summed E-state index contributed by atoms with van der Waals surface area (Å²) in [6.07, 6.45) is -2.28. The van der Waals surface area contributed by atoms with Gasteiger partial charge in [0.05, 0.1) is 0 Å². The average molecular weight is 380 g/mol. The molecule has 2 aromatic rings. The number of nitrogens with one attached hydrogen (secondary N) is 1. The highest BCUT2D eigenvalue weighted by molar-refractivity contribution is 5.99. The molecule has 1 amide bonds. The van der Waals surface area contributed by atoms with Crippen molar-refractivity contribution in [2.45, 2.75) is 13.2 Å². The standard InChI is InChI=1S/C17H14F2N2O6/c1-9(22)10-5-12(21(2)7-10)16(24)25-8-15(23)20-11-3-4-13-14(6-11)27-17(18,19)26-13/h3-7H,8H2,1-2H3,(H,20,23). The van der Waals surface area contributed by atoms with Crippen LogP contribution in [0.1, 0.15) is 27.8 Å². The fourth-order valence-electron chi connectivity index (χ4n) is 2.39. The van der Waals surface area contributed by atoms with Crippen LogP contribution in [0.25, 0.3) is 0 Å². The molecule has 0 fully saturated rings. The van der Waals surface area contributed by atoms with Crippen molar-refractivity contribution in [2.75, 3.05) is 11.9 Å². The zero-order valence-electron chi connectivity index (χ0n) is 14.2. The Labute approximate surface area is 151 Å². The molecule has 142 valence electrons. The van der Waals surface area contributed by atoms with Gasteiger partial charge in [-0.2, -0.15) is 0 Å².